The molecule has 5 heteroatoms. The molecule has 0 atom stereocenters. The number of hydrogen-bond acceptors (Lipinski definition) is 3. The fraction of sp³-hybridized carbons (Fsp3) is 0.273. The first-order valence-electron chi connectivity index (χ1n) is 4.79. The van der Waals surface area contributed by atoms with E-state index in [0.717, 1.165) is 0 Å². The highest BCUT2D eigenvalue weighted by molar-refractivity contribution is 6.34. The fourth-order valence-corrected chi connectivity index (χ4v) is 1.57. The second kappa shape index (κ2) is 5.51. The predicted octanol–water partition coefficient (Wildman–Crippen LogP) is 3.11. The summed E-state index contributed by atoms with van der Waals surface area (Å²) >= 11 is 5.87. The van der Waals surface area contributed by atoms with Gasteiger partial charge >= 0.3 is 6.09 Å². The van der Waals surface area contributed by atoms with Crippen molar-refractivity contribution >= 4 is 29.2 Å². The van der Waals surface area contributed by atoms with Gasteiger partial charge in [0.2, 0.25) is 0 Å². The lowest BCUT2D eigenvalue weighted by Crippen LogP contribution is -2.15. The summed E-state index contributed by atoms with van der Waals surface area (Å²) in [4.78, 5) is 22.6. The monoisotopic (exact) mass is 241 g/mol. The lowest BCUT2D eigenvalue weighted by atomic mass is 10.1. The second-order valence-electron chi connectivity index (χ2n) is 3.06. The van der Waals surface area contributed by atoms with Crippen LogP contribution in [0.3, 0.4) is 0 Å². The zero-order chi connectivity index (χ0) is 12.1. The molecule has 0 aromatic heterocycles. The first kappa shape index (κ1) is 12.5. The molecule has 16 heavy (non-hydrogen) atoms. The Morgan fingerprint density at radius 2 is 2.12 bits per heavy atom. The van der Waals surface area contributed by atoms with E-state index in [1.807, 2.05) is 0 Å². The summed E-state index contributed by atoms with van der Waals surface area (Å²) in [5.41, 5.74) is 0.649. The van der Waals surface area contributed by atoms with Gasteiger partial charge in [-0.05, 0) is 26.0 Å². The maximum Gasteiger partial charge on any atom is 0.411 e. The topological polar surface area (TPSA) is 55.4 Å². The normalized spacial score (nSPS) is 9.69. The Morgan fingerprint density at radius 3 is 2.69 bits per heavy atom. The molecule has 1 amide bonds. The number of carbonyl (C=O) groups is 2. The highest BCUT2D eigenvalue weighted by atomic mass is 35.5. The molecular formula is C11H12ClNO3. The van der Waals surface area contributed by atoms with Crippen molar-refractivity contribution in [2.45, 2.75) is 13.8 Å². The van der Waals surface area contributed by atoms with E-state index in [4.69, 9.17) is 16.3 Å². The van der Waals surface area contributed by atoms with E-state index in [-0.39, 0.29) is 18.0 Å². The number of rotatable bonds is 3. The van der Waals surface area contributed by atoms with Crippen molar-refractivity contribution in [1.29, 1.82) is 0 Å². The maximum absolute atomic E-state index is 11.3. The number of carbonyl (C=O) groups excluding carboxylic acids is 2. The van der Waals surface area contributed by atoms with Gasteiger partial charge in [0.25, 0.3) is 0 Å². The van der Waals surface area contributed by atoms with Crippen molar-refractivity contribution in [1.82, 2.24) is 0 Å². The van der Waals surface area contributed by atoms with Crippen LogP contribution in [0.15, 0.2) is 18.2 Å². The van der Waals surface area contributed by atoms with Gasteiger partial charge in [-0.3, -0.25) is 10.1 Å². The number of ether oxygens (including phenoxy) is 1. The summed E-state index contributed by atoms with van der Waals surface area (Å²) in [5, 5.41) is 2.77. The fourth-order valence-electron chi connectivity index (χ4n) is 1.26. The van der Waals surface area contributed by atoms with Crippen molar-refractivity contribution in [2.24, 2.45) is 0 Å². The second-order valence-corrected chi connectivity index (χ2v) is 3.47. The molecule has 0 heterocycles. The average molecular weight is 242 g/mol. The molecule has 86 valence electrons. The van der Waals surface area contributed by atoms with Crippen LogP contribution in [0.1, 0.15) is 24.2 Å². The summed E-state index contributed by atoms with van der Waals surface area (Å²) in [7, 11) is 0. The molecule has 0 saturated heterocycles. The van der Waals surface area contributed by atoms with Gasteiger partial charge in [0, 0.05) is 0 Å². The smallest absolute Gasteiger partial charge is 0.411 e. The number of hydrogen-bond donors (Lipinski definition) is 1. The molecule has 0 bridgehead atoms. The largest absolute Gasteiger partial charge is 0.450 e. The summed E-state index contributed by atoms with van der Waals surface area (Å²) in [5.74, 6) is -0.211. The van der Waals surface area contributed by atoms with Gasteiger partial charge in [0.1, 0.15) is 0 Å². The molecule has 1 N–H and O–H groups in total. The maximum atomic E-state index is 11.3. The number of ketones is 1. The Morgan fingerprint density at radius 1 is 1.44 bits per heavy atom. The third-order valence-electron chi connectivity index (χ3n) is 1.88. The van der Waals surface area contributed by atoms with Gasteiger partial charge < -0.3 is 4.74 Å². The minimum absolute atomic E-state index is 0.211. The van der Waals surface area contributed by atoms with Gasteiger partial charge in [-0.25, -0.2) is 4.79 Å². The third-order valence-corrected chi connectivity index (χ3v) is 2.19. The number of amides is 1. The van der Waals surface area contributed by atoms with E-state index in [9.17, 15) is 9.59 Å². The highest BCUT2D eigenvalue weighted by Gasteiger charge is 2.13. The van der Waals surface area contributed by atoms with E-state index in [0.29, 0.717) is 10.7 Å². The molecule has 1 aromatic carbocycles. The average Bonchev–Trinajstić information content (AvgIpc) is 2.17. The number of nitrogens with one attached hydrogen (secondary N) is 1. The van der Waals surface area contributed by atoms with Crippen LogP contribution in [0.5, 0.6) is 0 Å². The van der Waals surface area contributed by atoms with E-state index in [2.05, 4.69) is 5.32 Å². The van der Waals surface area contributed by atoms with Crippen LogP contribution in [0.4, 0.5) is 10.5 Å². The highest BCUT2D eigenvalue weighted by Crippen LogP contribution is 2.24. The lowest BCUT2D eigenvalue weighted by molar-refractivity contribution is 0.101. The first-order valence-corrected chi connectivity index (χ1v) is 5.17. The molecule has 1 rings (SSSR count). The summed E-state index contributed by atoms with van der Waals surface area (Å²) in [6, 6.07) is 4.84. The van der Waals surface area contributed by atoms with Gasteiger partial charge in [-0.1, -0.05) is 17.7 Å². The first-order chi connectivity index (χ1) is 7.56. The Labute approximate surface area is 98.5 Å². The minimum Gasteiger partial charge on any atom is -0.450 e. The minimum atomic E-state index is -0.604. The SMILES string of the molecule is CCOC(=O)Nc1cccc(Cl)c1C(C)=O. The van der Waals surface area contributed by atoms with Crippen LogP contribution >= 0.6 is 11.6 Å². The predicted molar refractivity (Wildman–Crippen MR) is 62.1 cm³/mol. The van der Waals surface area contributed by atoms with Gasteiger partial charge in [-0.15, -0.1) is 0 Å². The molecule has 0 aliphatic carbocycles. The van der Waals surface area contributed by atoms with E-state index in [1.165, 1.54) is 6.92 Å². The zero-order valence-corrected chi connectivity index (χ0v) is 9.80. The van der Waals surface area contributed by atoms with Crippen molar-refractivity contribution < 1.29 is 14.3 Å². The van der Waals surface area contributed by atoms with Crippen molar-refractivity contribution in [3.63, 3.8) is 0 Å². The van der Waals surface area contributed by atoms with Crippen LogP contribution in [0.2, 0.25) is 5.02 Å². The quantitative estimate of drug-likeness (QED) is 0.828. The molecule has 0 unspecified atom stereocenters. The van der Waals surface area contributed by atoms with Crippen molar-refractivity contribution in [3.05, 3.63) is 28.8 Å². The molecule has 0 saturated carbocycles. The molecule has 0 aliphatic heterocycles. The van der Waals surface area contributed by atoms with Crippen LogP contribution in [0.25, 0.3) is 0 Å². The number of benzene rings is 1. The van der Waals surface area contributed by atoms with Gasteiger partial charge in [0.05, 0.1) is 22.9 Å². The standard InChI is InChI=1S/C11H12ClNO3/c1-3-16-11(15)13-9-6-4-5-8(12)10(9)7(2)14/h4-6H,3H2,1-2H3,(H,13,15). The molecular weight excluding hydrogens is 230 g/mol. The van der Waals surface area contributed by atoms with Crippen LogP contribution in [-0.4, -0.2) is 18.5 Å². The molecule has 0 radical (unpaired) electrons. The Hall–Kier alpha value is -1.55. The molecule has 4 nitrogen and oxygen atoms in total. The number of anilines is 1. The molecule has 1 aromatic rings. The van der Waals surface area contributed by atoms with Crippen molar-refractivity contribution in [2.75, 3.05) is 11.9 Å². The van der Waals surface area contributed by atoms with Crippen LogP contribution in [-0.2, 0) is 4.74 Å². The molecule has 0 spiro atoms. The van der Waals surface area contributed by atoms with E-state index < -0.39 is 6.09 Å². The summed E-state index contributed by atoms with van der Waals surface area (Å²) in [6.07, 6.45) is -0.604. The Kier molecular flexibility index (Phi) is 4.31. The van der Waals surface area contributed by atoms with Gasteiger partial charge in [-0.2, -0.15) is 0 Å². The number of Topliss-reactive ketones (excluding diaryl/α,β-unsaturated/α-hetero) is 1. The molecule has 0 fully saturated rings. The van der Waals surface area contributed by atoms with E-state index in [1.54, 1.807) is 25.1 Å². The summed E-state index contributed by atoms with van der Waals surface area (Å²) in [6.45, 7) is 3.35. The van der Waals surface area contributed by atoms with Crippen molar-refractivity contribution in [3.8, 4) is 0 Å². The van der Waals surface area contributed by atoms with Gasteiger partial charge in [0.15, 0.2) is 5.78 Å². The van der Waals surface area contributed by atoms with E-state index >= 15 is 0 Å². The number of halogens is 1. The third kappa shape index (κ3) is 2.97. The Bertz CT molecular complexity index is 418. The van der Waals surface area contributed by atoms with Crippen LogP contribution in [0, 0.1) is 0 Å². The lowest BCUT2D eigenvalue weighted by Gasteiger charge is -2.09. The Balaban J connectivity index is 3.00. The van der Waals surface area contributed by atoms with Crippen LogP contribution < -0.4 is 5.32 Å². The summed E-state index contributed by atoms with van der Waals surface area (Å²) < 4.78 is 4.72. The zero-order valence-electron chi connectivity index (χ0n) is 9.04. The molecule has 0 aliphatic rings.